The molecule has 1 aliphatic rings. The van der Waals surface area contributed by atoms with Gasteiger partial charge in [0.25, 0.3) is 0 Å². The Hall–Kier alpha value is -0.683. The molecule has 21 heavy (non-hydrogen) atoms. The maximum atomic E-state index is 11.8. The van der Waals surface area contributed by atoms with Gasteiger partial charge in [-0.1, -0.05) is 20.8 Å². The lowest BCUT2D eigenvalue weighted by Crippen LogP contribution is -2.42. The maximum absolute atomic E-state index is 11.8. The minimum Gasteiger partial charge on any atom is -0.463 e. The highest BCUT2D eigenvalue weighted by Crippen LogP contribution is 2.38. The largest absolute Gasteiger partial charge is 0.463 e. The summed E-state index contributed by atoms with van der Waals surface area (Å²) < 4.78 is 10.8. The first kappa shape index (κ1) is 18.4. The Bertz CT molecular complexity index is 376. The molecule has 0 aromatic carbocycles. The normalized spacial score (nSPS) is 23.7. The number of carbonyl (C=O) groups is 2. The SMILES string of the molecule is COC(=O)C(=O)C1CCC(CO[Si](C)(C)C(C)(C)C)CC1. The topological polar surface area (TPSA) is 52.6 Å². The molecule has 0 heterocycles. The van der Waals surface area contributed by atoms with E-state index in [2.05, 4.69) is 38.6 Å². The Morgan fingerprint density at radius 2 is 1.62 bits per heavy atom. The van der Waals surface area contributed by atoms with Gasteiger partial charge in [-0.2, -0.15) is 0 Å². The van der Waals surface area contributed by atoms with Crippen molar-refractivity contribution in [2.45, 2.75) is 64.6 Å². The number of esters is 1. The van der Waals surface area contributed by atoms with E-state index in [4.69, 9.17) is 4.43 Å². The minimum atomic E-state index is -1.69. The predicted molar refractivity (Wildman–Crippen MR) is 85.6 cm³/mol. The van der Waals surface area contributed by atoms with Crippen molar-refractivity contribution >= 4 is 20.1 Å². The van der Waals surface area contributed by atoms with Crippen molar-refractivity contribution in [2.75, 3.05) is 13.7 Å². The molecular weight excluding hydrogens is 284 g/mol. The smallest absolute Gasteiger partial charge is 0.374 e. The summed E-state index contributed by atoms with van der Waals surface area (Å²) in [6.45, 7) is 12.0. The van der Waals surface area contributed by atoms with Crippen molar-refractivity contribution in [3.05, 3.63) is 0 Å². The Morgan fingerprint density at radius 1 is 1.10 bits per heavy atom. The number of Topliss-reactive ketones (excluding diaryl/α,β-unsaturated/α-hetero) is 1. The molecule has 0 N–H and O–H groups in total. The van der Waals surface area contributed by atoms with Crippen LogP contribution >= 0.6 is 0 Å². The molecule has 0 radical (unpaired) electrons. The molecule has 1 aliphatic carbocycles. The summed E-state index contributed by atoms with van der Waals surface area (Å²) in [4.78, 5) is 23.1. The molecule has 0 bridgehead atoms. The Balaban J connectivity index is 2.41. The van der Waals surface area contributed by atoms with Gasteiger partial charge in [0.05, 0.1) is 7.11 Å². The molecule has 1 saturated carbocycles. The summed E-state index contributed by atoms with van der Waals surface area (Å²) in [7, 11) is -0.430. The average molecular weight is 314 g/mol. The number of hydrogen-bond acceptors (Lipinski definition) is 4. The highest BCUT2D eigenvalue weighted by Gasteiger charge is 2.38. The van der Waals surface area contributed by atoms with E-state index in [-0.39, 0.29) is 16.7 Å². The fraction of sp³-hybridized carbons (Fsp3) is 0.875. The molecule has 4 nitrogen and oxygen atoms in total. The number of methoxy groups -OCH3 is 1. The van der Waals surface area contributed by atoms with Crippen molar-refractivity contribution < 1.29 is 18.8 Å². The van der Waals surface area contributed by atoms with Crippen LogP contribution in [0.15, 0.2) is 0 Å². The summed E-state index contributed by atoms with van der Waals surface area (Å²) in [5, 5.41) is 0.227. The van der Waals surface area contributed by atoms with E-state index in [0.29, 0.717) is 5.92 Å². The number of ketones is 1. The molecule has 0 saturated heterocycles. The van der Waals surface area contributed by atoms with Crippen LogP contribution in [0.2, 0.25) is 18.1 Å². The third-order valence-electron chi connectivity index (χ3n) is 5.09. The number of carbonyl (C=O) groups excluding carboxylic acids is 2. The lowest BCUT2D eigenvalue weighted by molar-refractivity contribution is -0.154. The number of hydrogen-bond donors (Lipinski definition) is 0. The fourth-order valence-corrected chi connectivity index (χ4v) is 3.49. The highest BCUT2D eigenvalue weighted by molar-refractivity contribution is 6.74. The molecular formula is C16H30O4Si. The number of rotatable bonds is 5. The van der Waals surface area contributed by atoms with Gasteiger partial charge in [-0.05, 0) is 49.7 Å². The van der Waals surface area contributed by atoms with Crippen molar-refractivity contribution in [2.24, 2.45) is 11.8 Å². The summed E-state index contributed by atoms with van der Waals surface area (Å²) in [6.07, 6.45) is 3.48. The van der Waals surface area contributed by atoms with Crippen LogP contribution in [0.1, 0.15) is 46.5 Å². The Kier molecular flexibility index (Phi) is 6.17. The van der Waals surface area contributed by atoms with Gasteiger partial charge in [-0.25, -0.2) is 4.79 Å². The van der Waals surface area contributed by atoms with Crippen LogP contribution in [0.3, 0.4) is 0 Å². The second kappa shape index (κ2) is 7.05. The zero-order valence-corrected chi connectivity index (χ0v) is 15.3. The molecule has 0 spiro atoms. The van der Waals surface area contributed by atoms with Crippen molar-refractivity contribution in [1.82, 2.24) is 0 Å². The molecule has 0 unspecified atom stereocenters. The molecule has 0 atom stereocenters. The minimum absolute atomic E-state index is 0.151. The lowest BCUT2D eigenvalue weighted by Gasteiger charge is -2.38. The zero-order valence-electron chi connectivity index (χ0n) is 14.3. The Morgan fingerprint density at radius 3 is 2.05 bits per heavy atom. The van der Waals surface area contributed by atoms with E-state index >= 15 is 0 Å². The van der Waals surface area contributed by atoms with Crippen molar-refractivity contribution in [3.63, 3.8) is 0 Å². The van der Waals surface area contributed by atoms with Crippen molar-refractivity contribution in [1.29, 1.82) is 0 Å². The van der Waals surface area contributed by atoms with Gasteiger partial charge in [-0.3, -0.25) is 4.79 Å². The van der Waals surface area contributed by atoms with E-state index in [1.165, 1.54) is 7.11 Å². The van der Waals surface area contributed by atoms with Crippen LogP contribution < -0.4 is 0 Å². The quantitative estimate of drug-likeness (QED) is 0.442. The van der Waals surface area contributed by atoms with Crippen LogP contribution in [0.4, 0.5) is 0 Å². The van der Waals surface area contributed by atoms with Gasteiger partial charge >= 0.3 is 5.97 Å². The van der Waals surface area contributed by atoms with Crippen LogP contribution in [-0.4, -0.2) is 33.8 Å². The average Bonchev–Trinajstić information content (AvgIpc) is 2.43. The highest BCUT2D eigenvalue weighted by atomic mass is 28.4. The molecule has 0 aromatic heterocycles. The third kappa shape index (κ3) is 4.92. The maximum Gasteiger partial charge on any atom is 0.374 e. The summed E-state index contributed by atoms with van der Waals surface area (Å²) >= 11 is 0. The summed E-state index contributed by atoms with van der Waals surface area (Å²) in [5.74, 6) is -0.695. The van der Waals surface area contributed by atoms with Gasteiger partial charge in [-0.15, -0.1) is 0 Å². The van der Waals surface area contributed by atoms with Gasteiger partial charge in [0, 0.05) is 12.5 Å². The molecule has 1 fully saturated rings. The molecule has 0 aliphatic heterocycles. The Labute approximate surface area is 129 Å². The van der Waals surface area contributed by atoms with Gasteiger partial charge in [0.2, 0.25) is 5.78 Å². The van der Waals surface area contributed by atoms with Crippen LogP contribution in [0.5, 0.6) is 0 Å². The first-order valence-electron chi connectivity index (χ1n) is 7.84. The second-order valence-electron chi connectivity index (χ2n) is 7.64. The standard InChI is InChI=1S/C16H30O4Si/c1-16(2,3)21(5,6)20-11-12-7-9-13(10-8-12)14(17)15(18)19-4/h12-13H,7-11H2,1-6H3. The van der Waals surface area contributed by atoms with Crippen LogP contribution in [0, 0.1) is 11.8 Å². The monoisotopic (exact) mass is 314 g/mol. The fourth-order valence-electron chi connectivity index (χ4n) is 2.40. The van der Waals surface area contributed by atoms with E-state index in [1.807, 2.05) is 0 Å². The van der Waals surface area contributed by atoms with Gasteiger partial charge in [0.1, 0.15) is 0 Å². The van der Waals surface area contributed by atoms with E-state index in [1.54, 1.807) is 0 Å². The third-order valence-corrected chi connectivity index (χ3v) is 9.59. The van der Waals surface area contributed by atoms with E-state index in [9.17, 15) is 9.59 Å². The molecule has 1 rings (SSSR count). The second-order valence-corrected chi connectivity index (χ2v) is 12.5. The van der Waals surface area contributed by atoms with E-state index < -0.39 is 14.3 Å². The van der Waals surface area contributed by atoms with Crippen LogP contribution in [0.25, 0.3) is 0 Å². The van der Waals surface area contributed by atoms with Crippen molar-refractivity contribution in [3.8, 4) is 0 Å². The molecule has 122 valence electrons. The molecule has 0 aromatic rings. The van der Waals surface area contributed by atoms with E-state index in [0.717, 1.165) is 32.3 Å². The molecule has 0 amide bonds. The van der Waals surface area contributed by atoms with Crippen LogP contribution in [-0.2, 0) is 18.8 Å². The van der Waals surface area contributed by atoms with Gasteiger partial charge in [0.15, 0.2) is 8.32 Å². The summed E-state index contributed by atoms with van der Waals surface area (Å²) in [6, 6.07) is 0. The number of ether oxygens (including phenoxy) is 1. The summed E-state index contributed by atoms with van der Waals surface area (Å²) in [5.41, 5.74) is 0. The zero-order chi connectivity index (χ0) is 16.3. The predicted octanol–water partition coefficient (Wildman–Crippen LogP) is 3.56. The lowest BCUT2D eigenvalue weighted by atomic mass is 9.80. The van der Waals surface area contributed by atoms with Gasteiger partial charge < -0.3 is 9.16 Å². The first-order chi connectivity index (χ1) is 9.58. The first-order valence-corrected chi connectivity index (χ1v) is 10.8. The molecule has 5 heteroatoms.